The first kappa shape index (κ1) is 14.7. The first-order valence-electron chi connectivity index (χ1n) is 6.36. The van der Waals surface area contributed by atoms with Gasteiger partial charge in [-0.3, -0.25) is 9.78 Å². The van der Waals surface area contributed by atoms with Gasteiger partial charge in [-0.05, 0) is 13.0 Å². The number of hydrogen-bond donors (Lipinski definition) is 2. The van der Waals surface area contributed by atoms with E-state index in [1.165, 1.54) is 18.5 Å². The van der Waals surface area contributed by atoms with E-state index in [4.69, 9.17) is 9.63 Å². The molecular weight excluding hydrogens is 274 g/mol. The predicted octanol–water partition coefficient (Wildman–Crippen LogP) is 2.45. The number of pyridine rings is 1. The largest absolute Gasteiger partial charge is 0.478 e. The maximum Gasteiger partial charge on any atom is 0.337 e. The lowest BCUT2D eigenvalue weighted by Gasteiger charge is -2.07. The van der Waals surface area contributed by atoms with Crippen molar-refractivity contribution in [1.29, 1.82) is 0 Å². The van der Waals surface area contributed by atoms with Crippen molar-refractivity contribution in [2.24, 2.45) is 0 Å². The van der Waals surface area contributed by atoms with E-state index in [0.717, 1.165) is 0 Å². The Morgan fingerprint density at radius 1 is 1.33 bits per heavy atom. The Morgan fingerprint density at radius 2 is 2.05 bits per heavy atom. The molecule has 0 spiro atoms. The van der Waals surface area contributed by atoms with Crippen LogP contribution >= 0.6 is 0 Å². The third-order valence-electron chi connectivity index (χ3n) is 2.88. The quantitative estimate of drug-likeness (QED) is 0.895. The summed E-state index contributed by atoms with van der Waals surface area (Å²) in [6, 6.07) is 1.34. The molecule has 0 aliphatic heterocycles. The molecule has 0 fully saturated rings. The van der Waals surface area contributed by atoms with Gasteiger partial charge in [0.15, 0.2) is 5.76 Å². The smallest absolute Gasteiger partial charge is 0.337 e. The van der Waals surface area contributed by atoms with E-state index in [0.29, 0.717) is 22.7 Å². The van der Waals surface area contributed by atoms with Gasteiger partial charge in [-0.2, -0.15) is 0 Å². The van der Waals surface area contributed by atoms with Gasteiger partial charge in [-0.15, -0.1) is 0 Å². The molecule has 2 aromatic heterocycles. The van der Waals surface area contributed by atoms with E-state index >= 15 is 0 Å². The number of nitrogens with zero attached hydrogens (tertiary/aromatic N) is 2. The summed E-state index contributed by atoms with van der Waals surface area (Å²) in [5.41, 5.74) is 1.15. The molecule has 0 atom stereocenters. The number of carbonyl (C=O) groups excluding carboxylic acids is 1. The number of aromatic nitrogens is 2. The molecule has 0 aliphatic rings. The van der Waals surface area contributed by atoms with Gasteiger partial charge in [-0.25, -0.2) is 4.79 Å². The summed E-state index contributed by atoms with van der Waals surface area (Å²) in [4.78, 5) is 27.0. The normalized spacial score (nSPS) is 10.7. The van der Waals surface area contributed by atoms with Crippen LogP contribution in [0.15, 0.2) is 23.0 Å². The molecule has 2 N–H and O–H groups in total. The van der Waals surface area contributed by atoms with Crippen molar-refractivity contribution in [3.63, 3.8) is 0 Å². The Kier molecular flexibility index (Phi) is 4.02. The van der Waals surface area contributed by atoms with Crippen LogP contribution in [0.25, 0.3) is 0 Å². The highest BCUT2D eigenvalue weighted by molar-refractivity contribution is 6.06. The summed E-state index contributed by atoms with van der Waals surface area (Å²) >= 11 is 0. The fraction of sp³-hybridized carbons (Fsp3) is 0.286. The zero-order chi connectivity index (χ0) is 15.6. The highest BCUT2D eigenvalue weighted by Crippen LogP contribution is 2.23. The number of rotatable bonds is 4. The van der Waals surface area contributed by atoms with Crippen molar-refractivity contribution in [2.75, 3.05) is 5.32 Å². The van der Waals surface area contributed by atoms with Gasteiger partial charge in [0.1, 0.15) is 5.56 Å². The third kappa shape index (κ3) is 3.07. The van der Waals surface area contributed by atoms with Crippen LogP contribution in [0.3, 0.4) is 0 Å². The maximum absolute atomic E-state index is 12.3. The number of carbonyl (C=O) groups is 2. The summed E-state index contributed by atoms with van der Waals surface area (Å²) in [6.45, 7) is 5.46. The Balaban J connectivity index is 2.28. The number of nitrogens with one attached hydrogen (secondary N) is 1. The van der Waals surface area contributed by atoms with Gasteiger partial charge in [0.25, 0.3) is 5.91 Å². The summed E-state index contributed by atoms with van der Waals surface area (Å²) in [7, 11) is 0. The number of carboxylic acid groups (broad SMARTS) is 1. The summed E-state index contributed by atoms with van der Waals surface area (Å²) in [5, 5.41) is 15.3. The minimum absolute atomic E-state index is 0.000997. The lowest BCUT2D eigenvalue weighted by atomic mass is 10.0. The SMILES string of the molecule is Cc1noc(C(C)C)c1C(=O)Nc1cncc(C(=O)O)c1. The molecule has 1 amide bonds. The van der Waals surface area contributed by atoms with E-state index in [1.54, 1.807) is 6.92 Å². The molecule has 110 valence electrons. The zero-order valence-corrected chi connectivity index (χ0v) is 11.9. The third-order valence-corrected chi connectivity index (χ3v) is 2.88. The highest BCUT2D eigenvalue weighted by atomic mass is 16.5. The van der Waals surface area contributed by atoms with Crippen LogP contribution in [-0.4, -0.2) is 27.1 Å². The van der Waals surface area contributed by atoms with Gasteiger partial charge < -0.3 is 14.9 Å². The molecule has 0 radical (unpaired) electrons. The molecule has 7 heteroatoms. The number of carboxylic acids is 1. The lowest BCUT2D eigenvalue weighted by Crippen LogP contribution is -2.15. The average Bonchev–Trinajstić information content (AvgIpc) is 2.81. The van der Waals surface area contributed by atoms with Crippen molar-refractivity contribution in [1.82, 2.24) is 10.1 Å². The van der Waals surface area contributed by atoms with Crippen molar-refractivity contribution in [3.05, 3.63) is 41.0 Å². The molecule has 0 saturated heterocycles. The summed E-state index contributed by atoms with van der Waals surface area (Å²) in [6.07, 6.45) is 2.59. The fourth-order valence-corrected chi connectivity index (χ4v) is 1.88. The first-order chi connectivity index (χ1) is 9.90. The minimum Gasteiger partial charge on any atom is -0.478 e. The van der Waals surface area contributed by atoms with Crippen LogP contribution in [0.1, 0.15) is 51.9 Å². The van der Waals surface area contributed by atoms with Crippen LogP contribution in [0.2, 0.25) is 0 Å². The number of aryl methyl sites for hydroxylation is 1. The molecule has 0 aliphatic carbocycles. The number of aromatic carboxylic acids is 1. The molecule has 7 nitrogen and oxygen atoms in total. The molecule has 0 unspecified atom stereocenters. The van der Waals surface area contributed by atoms with Crippen molar-refractivity contribution in [2.45, 2.75) is 26.7 Å². The fourth-order valence-electron chi connectivity index (χ4n) is 1.88. The Labute approximate surface area is 121 Å². The van der Waals surface area contributed by atoms with E-state index in [2.05, 4.69) is 15.5 Å². The first-order valence-corrected chi connectivity index (χ1v) is 6.36. The molecule has 21 heavy (non-hydrogen) atoms. The Bertz CT molecular complexity index is 691. The van der Waals surface area contributed by atoms with Gasteiger partial charge in [-0.1, -0.05) is 19.0 Å². The summed E-state index contributed by atoms with van der Waals surface area (Å²) in [5.74, 6) is -1.01. The van der Waals surface area contributed by atoms with Crippen LogP contribution in [0.5, 0.6) is 0 Å². The second kappa shape index (κ2) is 5.74. The van der Waals surface area contributed by atoms with Gasteiger partial charge in [0, 0.05) is 12.1 Å². The molecule has 2 rings (SSSR count). The second-order valence-electron chi connectivity index (χ2n) is 4.88. The monoisotopic (exact) mass is 289 g/mol. The molecule has 0 bridgehead atoms. The van der Waals surface area contributed by atoms with E-state index in [1.807, 2.05) is 13.8 Å². The van der Waals surface area contributed by atoms with Crippen molar-refractivity contribution in [3.8, 4) is 0 Å². The second-order valence-corrected chi connectivity index (χ2v) is 4.88. The van der Waals surface area contributed by atoms with Gasteiger partial charge in [0.05, 0.1) is 23.1 Å². The van der Waals surface area contributed by atoms with E-state index in [-0.39, 0.29) is 11.5 Å². The standard InChI is InChI=1S/C14H15N3O4/c1-7(2)12-11(8(3)17-21-12)13(18)16-10-4-9(14(19)20)5-15-6-10/h4-7H,1-3H3,(H,16,18)(H,19,20). The van der Waals surface area contributed by atoms with Crippen LogP contribution in [0, 0.1) is 6.92 Å². The van der Waals surface area contributed by atoms with E-state index < -0.39 is 11.9 Å². The summed E-state index contributed by atoms with van der Waals surface area (Å²) < 4.78 is 5.16. The average molecular weight is 289 g/mol. The van der Waals surface area contributed by atoms with Crippen LogP contribution < -0.4 is 5.32 Å². The Morgan fingerprint density at radius 3 is 2.67 bits per heavy atom. The van der Waals surface area contributed by atoms with Crippen molar-refractivity contribution < 1.29 is 19.2 Å². The van der Waals surface area contributed by atoms with Crippen molar-refractivity contribution >= 4 is 17.6 Å². The Hall–Kier alpha value is -2.70. The maximum atomic E-state index is 12.3. The molecule has 0 saturated carbocycles. The predicted molar refractivity (Wildman–Crippen MR) is 74.5 cm³/mol. The number of hydrogen-bond acceptors (Lipinski definition) is 5. The minimum atomic E-state index is -1.11. The highest BCUT2D eigenvalue weighted by Gasteiger charge is 2.22. The van der Waals surface area contributed by atoms with Crippen LogP contribution in [0.4, 0.5) is 5.69 Å². The zero-order valence-electron chi connectivity index (χ0n) is 11.9. The topological polar surface area (TPSA) is 105 Å². The van der Waals surface area contributed by atoms with Crippen LogP contribution in [-0.2, 0) is 0 Å². The molecule has 2 heterocycles. The lowest BCUT2D eigenvalue weighted by molar-refractivity contribution is 0.0696. The van der Waals surface area contributed by atoms with E-state index in [9.17, 15) is 9.59 Å². The number of anilines is 1. The molecule has 0 aromatic carbocycles. The number of amides is 1. The molecule has 2 aromatic rings. The molecular formula is C14H15N3O4. The van der Waals surface area contributed by atoms with Gasteiger partial charge >= 0.3 is 5.97 Å². The van der Waals surface area contributed by atoms with Gasteiger partial charge in [0.2, 0.25) is 0 Å².